The molecule has 29 heavy (non-hydrogen) atoms. The van der Waals surface area contributed by atoms with Gasteiger partial charge in [-0.15, -0.1) is 0 Å². The molecular formula is C24H29N3O2. The van der Waals surface area contributed by atoms with Gasteiger partial charge >= 0.3 is 0 Å². The van der Waals surface area contributed by atoms with Gasteiger partial charge in [0.05, 0.1) is 12.0 Å². The van der Waals surface area contributed by atoms with E-state index in [0.717, 1.165) is 29.7 Å². The summed E-state index contributed by atoms with van der Waals surface area (Å²) in [5.41, 5.74) is 3.97. The quantitative estimate of drug-likeness (QED) is 0.676. The van der Waals surface area contributed by atoms with Gasteiger partial charge in [-0.05, 0) is 36.0 Å². The van der Waals surface area contributed by atoms with E-state index < -0.39 is 0 Å². The number of rotatable bonds is 7. The molecule has 1 aliphatic heterocycles. The molecule has 1 saturated heterocycles. The monoisotopic (exact) mass is 391 g/mol. The number of amides is 2. The van der Waals surface area contributed by atoms with Gasteiger partial charge < -0.3 is 16.0 Å². The highest BCUT2D eigenvalue weighted by molar-refractivity contribution is 5.94. The Balaban J connectivity index is 1.65. The Bertz CT molecular complexity index is 883. The van der Waals surface area contributed by atoms with Crippen molar-refractivity contribution in [2.75, 3.05) is 18.4 Å². The molecule has 0 bridgehead atoms. The summed E-state index contributed by atoms with van der Waals surface area (Å²) in [7, 11) is 0. The van der Waals surface area contributed by atoms with Crippen molar-refractivity contribution in [2.45, 2.75) is 38.6 Å². The standard InChI is InChI=1S/C24H29N3O2/c1-15(2)16-7-9-17(10-8-16)22(27-23(28)18-11-12-18)20-5-3-4-6-21(20)26-24(29)19-13-25-14-19/h3-10,15,18-19,22,25H,11-14H2,1-2H3,(H,26,29)(H,27,28)/t22-/m1/s1. The van der Waals surface area contributed by atoms with Crippen molar-refractivity contribution in [1.29, 1.82) is 0 Å². The predicted octanol–water partition coefficient (Wildman–Crippen LogP) is 3.58. The summed E-state index contributed by atoms with van der Waals surface area (Å²) < 4.78 is 0. The molecule has 1 atom stereocenters. The van der Waals surface area contributed by atoms with Crippen LogP contribution in [-0.2, 0) is 9.59 Å². The van der Waals surface area contributed by atoms with Crippen molar-refractivity contribution in [3.05, 3.63) is 65.2 Å². The average Bonchev–Trinajstić information content (AvgIpc) is 3.50. The van der Waals surface area contributed by atoms with E-state index in [-0.39, 0.29) is 29.7 Å². The zero-order valence-electron chi connectivity index (χ0n) is 17.1. The highest BCUT2D eigenvalue weighted by Gasteiger charge is 2.32. The average molecular weight is 392 g/mol. The molecule has 2 aromatic carbocycles. The van der Waals surface area contributed by atoms with Crippen LogP contribution in [-0.4, -0.2) is 24.9 Å². The van der Waals surface area contributed by atoms with Crippen molar-refractivity contribution in [3.8, 4) is 0 Å². The van der Waals surface area contributed by atoms with Crippen molar-refractivity contribution >= 4 is 17.5 Å². The van der Waals surface area contributed by atoms with Crippen LogP contribution < -0.4 is 16.0 Å². The second-order valence-corrected chi connectivity index (χ2v) is 8.47. The number of nitrogens with one attached hydrogen (secondary N) is 3. The summed E-state index contributed by atoms with van der Waals surface area (Å²) in [5, 5.41) is 9.44. The van der Waals surface area contributed by atoms with Gasteiger partial charge in [-0.3, -0.25) is 9.59 Å². The third-order valence-corrected chi connectivity index (χ3v) is 5.85. The van der Waals surface area contributed by atoms with Crippen molar-refractivity contribution in [1.82, 2.24) is 10.6 Å². The fourth-order valence-electron chi connectivity index (χ4n) is 3.59. The van der Waals surface area contributed by atoms with Gasteiger partial charge in [0.15, 0.2) is 0 Å². The minimum atomic E-state index is -0.291. The summed E-state index contributed by atoms with van der Waals surface area (Å²) in [5.74, 6) is 0.695. The van der Waals surface area contributed by atoms with Crippen molar-refractivity contribution in [3.63, 3.8) is 0 Å². The van der Waals surface area contributed by atoms with Crippen LogP contribution in [0, 0.1) is 11.8 Å². The van der Waals surface area contributed by atoms with Crippen LogP contribution in [0.15, 0.2) is 48.5 Å². The first kappa shape index (κ1) is 19.6. The Labute approximate surface area is 172 Å². The maximum atomic E-state index is 12.6. The Hall–Kier alpha value is -2.66. The normalized spacial score (nSPS) is 17.5. The van der Waals surface area contributed by atoms with E-state index in [0.29, 0.717) is 19.0 Å². The highest BCUT2D eigenvalue weighted by atomic mass is 16.2. The summed E-state index contributed by atoms with van der Waals surface area (Å²) >= 11 is 0. The number of carbonyl (C=O) groups excluding carboxylic acids is 2. The third-order valence-electron chi connectivity index (χ3n) is 5.85. The molecule has 1 saturated carbocycles. The second kappa shape index (κ2) is 8.37. The van der Waals surface area contributed by atoms with Gasteiger partial charge in [-0.1, -0.05) is 56.3 Å². The molecule has 0 unspecified atom stereocenters. The van der Waals surface area contributed by atoms with Gasteiger partial charge in [0, 0.05) is 30.3 Å². The molecule has 3 N–H and O–H groups in total. The van der Waals surface area contributed by atoms with E-state index in [1.165, 1.54) is 5.56 Å². The smallest absolute Gasteiger partial charge is 0.230 e. The highest BCUT2D eigenvalue weighted by Crippen LogP contribution is 2.34. The molecule has 0 spiro atoms. The van der Waals surface area contributed by atoms with Crippen molar-refractivity contribution < 1.29 is 9.59 Å². The SMILES string of the molecule is CC(C)c1ccc([C@@H](NC(=O)C2CC2)c2ccccc2NC(=O)C2CNC2)cc1. The molecule has 4 rings (SSSR count). The maximum absolute atomic E-state index is 12.6. The second-order valence-electron chi connectivity index (χ2n) is 8.47. The number of para-hydroxylation sites is 1. The number of hydrogen-bond acceptors (Lipinski definition) is 3. The summed E-state index contributed by atoms with van der Waals surface area (Å²) in [6, 6.07) is 15.9. The molecule has 5 nitrogen and oxygen atoms in total. The maximum Gasteiger partial charge on any atom is 0.230 e. The van der Waals surface area contributed by atoms with Crippen LogP contribution in [0.3, 0.4) is 0 Å². The van der Waals surface area contributed by atoms with Gasteiger partial charge in [-0.25, -0.2) is 0 Å². The van der Waals surface area contributed by atoms with Crippen LogP contribution in [0.1, 0.15) is 55.3 Å². The van der Waals surface area contributed by atoms with Crippen LogP contribution in [0.25, 0.3) is 0 Å². The molecule has 0 radical (unpaired) electrons. The van der Waals surface area contributed by atoms with Crippen LogP contribution in [0.4, 0.5) is 5.69 Å². The molecule has 2 fully saturated rings. The Kier molecular flexibility index (Phi) is 5.67. The molecule has 5 heteroatoms. The fraction of sp³-hybridized carbons (Fsp3) is 0.417. The number of anilines is 1. The first-order valence-electron chi connectivity index (χ1n) is 10.5. The molecule has 2 aromatic rings. The molecule has 1 heterocycles. The molecular weight excluding hydrogens is 362 g/mol. The number of benzene rings is 2. The zero-order valence-corrected chi connectivity index (χ0v) is 17.1. The van der Waals surface area contributed by atoms with E-state index in [1.54, 1.807) is 0 Å². The summed E-state index contributed by atoms with van der Waals surface area (Å²) in [4.78, 5) is 25.2. The Morgan fingerprint density at radius 2 is 1.55 bits per heavy atom. The van der Waals surface area contributed by atoms with Gasteiger partial charge in [0.25, 0.3) is 0 Å². The van der Waals surface area contributed by atoms with E-state index >= 15 is 0 Å². The lowest BCUT2D eigenvalue weighted by atomic mass is 9.93. The lowest BCUT2D eigenvalue weighted by Gasteiger charge is -2.27. The van der Waals surface area contributed by atoms with Gasteiger partial charge in [-0.2, -0.15) is 0 Å². The lowest BCUT2D eigenvalue weighted by molar-refractivity contribution is -0.123. The zero-order chi connectivity index (χ0) is 20.4. The van der Waals surface area contributed by atoms with Crippen LogP contribution in [0.2, 0.25) is 0 Å². The predicted molar refractivity (Wildman–Crippen MR) is 115 cm³/mol. The van der Waals surface area contributed by atoms with Gasteiger partial charge in [0.1, 0.15) is 0 Å². The Morgan fingerprint density at radius 1 is 0.897 bits per heavy atom. The molecule has 1 aliphatic carbocycles. The van der Waals surface area contributed by atoms with E-state index in [1.807, 2.05) is 24.3 Å². The topological polar surface area (TPSA) is 70.2 Å². The molecule has 152 valence electrons. The van der Waals surface area contributed by atoms with Crippen LogP contribution in [0.5, 0.6) is 0 Å². The minimum absolute atomic E-state index is 0.00730. The Morgan fingerprint density at radius 3 is 2.14 bits per heavy atom. The van der Waals surface area contributed by atoms with E-state index in [4.69, 9.17) is 0 Å². The number of hydrogen-bond donors (Lipinski definition) is 3. The third kappa shape index (κ3) is 4.51. The number of carbonyl (C=O) groups is 2. The van der Waals surface area contributed by atoms with E-state index in [2.05, 4.69) is 54.1 Å². The lowest BCUT2D eigenvalue weighted by Crippen LogP contribution is -2.48. The van der Waals surface area contributed by atoms with Crippen molar-refractivity contribution in [2.24, 2.45) is 11.8 Å². The van der Waals surface area contributed by atoms with Gasteiger partial charge in [0.2, 0.25) is 11.8 Å². The van der Waals surface area contributed by atoms with Crippen LogP contribution >= 0.6 is 0 Å². The molecule has 2 amide bonds. The molecule has 2 aliphatic rings. The fourth-order valence-corrected chi connectivity index (χ4v) is 3.59. The molecule has 0 aromatic heterocycles. The first-order chi connectivity index (χ1) is 14.0. The van der Waals surface area contributed by atoms with E-state index in [9.17, 15) is 9.59 Å². The summed E-state index contributed by atoms with van der Waals surface area (Å²) in [6.45, 7) is 5.77. The minimum Gasteiger partial charge on any atom is -0.345 e. The summed E-state index contributed by atoms with van der Waals surface area (Å²) in [6.07, 6.45) is 1.91. The largest absolute Gasteiger partial charge is 0.345 e. The first-order valence-corrected chi connectivity index (χ1v) is 10.5.